The molecule has 1 rings (SSSR count). The van der Waals surface area contributed by atoms with Gasteiger partial charge in [-0.05, 0) is 47.1 Å². The lowest BCUT2D eigenvalue weighted by Crippen LogP contribution is -2.50. The zero-order chi connectivity index (χ0) is 18.7. The van der Waals surface area contributed by atoms with E-state index in [-0.39, 0.29) is 30.1 Å². The Morgan fingerprint density at radius 1 is 1.27 bits per heavy atom. The number of nitrogens with one attached hydrogen (secondary N) is 2. The lowest BCUT2D eigenvalue weighted by atomic mass is 10.1. The first-order valence-corrected chi connectivity index (χ1v) is 9.72. The minimum absolute atomic E-state index is 0. The Hall–Kier alpha value is -0.770. The summed E-state index contributed by atoms with van der Waals surface area (Å²) in [6.07, 6.45) is 1.63. The summed E-state index contributed by atoms with van der Waals surface area (Å²) in [5, 5.41) is 6.83. The molecule has 26 heavy (non-hydrogen) atoms. The largest absolute Gasteiger partial charge is 0.450 e. The van der Waals surface area contributed by atoms with Crippen molar-refractivity contribution in [2.24, 2.45) is 4.99 Å². The van der Waals surface area contributed by atoms with Crippen LogP contribution in [0.5, 0.6) is 0 Å². The SMILES string of the molecule is CCNC(=NCCN(CC)C(C)C)NC1CCN(C(=O)OCC)CC1.I. The van der Waals surface area contributed by atoms with Crippen LogP contribution in [-0.4, -0.2) is 79.8 Å². The molecule has 8 heteroatoms. The molecule has 7 nitrogen and oxygen atoms in total. The molecule has 2 N–H and O–H groups in total. The fourth-order valence-corrected chi connectivity index (χ4v) is 3.01. The highest BCUT2D eigenvalue weighted by molar-refractivity contribution is 14.0. The van der Waals surface area contributed by atoms with Crippen molar-refractivity contribution in [2.75, 3.05) is 45.9 Å². The summed E-state index contributed by atoms with van der Waals surface area (Å²) in [5.74, 6) is 0.872. The zero-order valence-corrected chi connectivity index (χ0v) is 19.4. The van der Waals surface area contributed by atoms with Crippen LogP contribution in [0.2, 0.25) is 0 Å². The molecule has 1 saturated heterocycles. The minimum Gasteiger partial charge on any atom is -0.450 e. The third-order valence-corrected chi connectivity index (χ3v) is 4.50. The summed E-state index contributed by atoms with van der Waals surface area (Å²) in [6.45, 7) is 16.1. The van der Waals surface area contributed by atoms with E-state index in [4.69, 9.17) is 9.73 Å². The number of hydrogen-bond donors (Lipinski definition) is 2. The van der Waals surface area contributed by atoms with Gasteiger partial charge in [0.15, 0.2) is 5.96 Å². The van der Waals surface area contributed by atoms with Crippen molar-refractivity contribution in [2.45, 2.75) is 59.5 Å². The lowest BCUT2D eigenvalue weighted by molar-refractivity contribution is 0.0963. The first-order valence-electron chi connectivity index (χ1n) is 9.72. The Bertz CT molecular complexity index is 412. The number of carbonyl (C=O) groups excluding carboxylic acids is 1. The second-order valence-electron chi connectivity index (χ2n) is 6.59. The van der Waals surface area contributed by atoms with E-state index in [1.165, 1.54) is 0 Å². The van der Waals surface area contributed by atoms with Gasteiger partial charge in [0.2, 0.25) is 0 Å². The molecule has 0 aromatic carbocycles. The summed E-state index contributed by atoms with van der Waals surface area (Å²) in [4.78, 5) is 20.7. The number of aliphatic imine (C=N–C) groups is 1. The molecule has 0 spiro atoms. The van der Waals surface area contributed by atoms with Crippen LogP contribution in [0.25, 0.3) is 0 Å². The Morgan fingerprint density at radius 2 is 1.92 bits per heavy atom. The maximum Gasteiger partial charge on any atom is 0.409 e. The highest BCUT2D eigenvalue weighted by atomic mass is 127. The summed E-state index contributed by atoms with van der Waals surface area (Å²) in [7, 11) is 0. The Balaban J connectivity index is 0.00000625. The van der Waals surface area contributed by atoms with Gasteiger partial charge in [0, 0.05) is 38.3 Å². The number of guanidine groups is 1. The van der Waals surface area contributed by atoms with E-state index in [1.54, 1.807) is 4.90 Å². The van der Waals surface area contributed by atoms with E-state index in [2.05, 4.69) is 43.2 Å². The van der Waals surface area contributed by atoms with Gasteiger partial charge in [0.25, 0.3) is 0 Å². The number of ether oxygens (including phenoxy) is 1. The van der Waals surface area contributed by atoms with Gasteiger partial charge in [-0.25, -0.2) is 4.79 Å². The number of halogens is 1. The Morgan fingerprint density at radius 3 is 2.42 bits per heavy atom. The van der Waals surface area contributed by atoms with Gasteiger partial charge in [0.05, 0.1) is 13.2 Å². The molecule has 1 aliphatic rings. The highest BCUT2D eigenvalue weighted by Gasteiger charge is 2.24. The van der Waals surface area contributed by atoms with Gasteiger partial charge in [-0.1, -0.05) is 6.92 Å². The van der Waals surface area contributed by atoms with E-state index in [0.717, 1.165) is 58.1 Å². The monoisotopic (exact) mass is 483 g/mol. The number of amides is 1. The van der Waals surface area contributed by atoms with Gasteiger partial charge in [-0.2, -0.15) is 0 Å². The Labute approximate surface area is 176 Å². The van der Waals surface area contributed by atoms with Gasteiger partial charge in [-0.3, -0.25) is 9.89 Å². The molecule has 0 aromatic heterocycles. The number of nitrogens with zero attached hydrogens (tertiary/aromatic N) is 3. The van der Waals surface area contributed by atoms with Crippen molar-refractivity contribution >= 4 is 36.0 Å². The van der Waals surface area contributed by atoms with Gasteiger partial charge in [0.1, 0.15) is 0 Å². The van der Waals surface area contributed by atoms with Crippen molar-refractivity contribution in [1.82, 2.24) is 20.4 Å². The third-order valence-electron chi connectivity index (χ3n) is 4.50. The predicted octanol–water partition coefficient (Wildman–Crippen LogP) is 2.51. The molecule has 0 unspecified atom stereocenters. The zero-order valence-electron chi connectivity index (χ0n) is 17.1. The normalized spacial score (nSPS) is 15.8. The van der Waals surface area contributed by atoms with Crippen LogP contribution in [0.1, 0.15) is 47.5 Å². The van der Waals surface area contributed by atoms with E-state index in [9.17, 15) is 4.79 Å². The summed E-state index contributed by atoms with van der Waals surface area (Å²) < 4.78 is 5.07. The van der Waals surface area contributed by atoms with E-state index >= 15 is 0 Å². The third kappa shape index (κ3) is 9.25. The van der Waals surface area contributed by atoms with Crippen molar-refractivity contribution < 1.29 is 9.53 Å². The van der Waals surface area contributed by atoms with Gasteiger partial charge in [-0.15, -0.1) is 24.0 Å². The van der Waals surface area contributed by atoms with Crippen LogP contribution in [-0.2, 0) is 4.74 Å². The maximum atomic E-state index is 11.8. The van der Waals surface area contributed by atoms with E-state index < -0.39 is 0 Å². The standard InChI is InChI=1S/C18H37N5O2.HI/c1-6-19-17(20-11-14-22(7-2)15(4)5)21-16-9-12-23(13-10-16)18(24)25-8-3;/h15-16H,6-14H2,1-5H3,(H2,19,20,21);1H. The maximum absolute atomic E-state index is 11.8. The molecule has 1 fully saturated rings. The first-order chi connectivity index (χ1) is 12.0. The van der Waals surface area contributed by atoms with Crippen molar-refractivity contribution in [3.05, 3.63) is 0 Å². The number of hydrogen-bond acceptors (Lipinski definition) is 4. The van der Waals surface area contributed by atoms with Crippen molar-refractivity contribution in [3.8, 4) is 0 Å². The Kier molecular flexibility index (Phi) is 13.9. The predicted molar refractivity (Wildman–Crippen MR) is 119 cm³/mol. The summed E-state index contributed by atoms with van der Waals surface area (Å²) in [5.41, 5.74) is 0. The average Bonchev–Trinajstić information content (AvgIpc) is 2.59. The van der Waals surface area contributed by atoms with Gasteiger partial charge < -0.3 is 20.3 Å². The molecule has 0 aliphatic carbocycles. The van der Waals surface area contributed by atoms with E-state index in [1.807, 2.05) is 6.92 Å². The number of likely N-dealkylation sites (N-methyl/N-ethyl adjacent to an activating group) is 1. The molecule has 0 saturated carbocycles. The van der Waals surface area contributed by atoms with Crippen LogP contribution in [0, 0.1) is 0 Å². The fourth-order valence-electron chi connectivity index (χ4n) is 3.01. The topological polar surface area (TPSA) is 69.2 Å². The smallest absolute Gasteiger partial charge is 0.409 e. The van der Waals surface area contributed by atoms with Crippen LogP contribution in [0.4, 0.5) is 4.79 Å². The van der Waals surface area contributed by atoms with Crippen LogP contribution in [0.15, 0.2) is 4.99 Å². The van der Waals surface area contributed by atoms with E-state index in [0.29, 0.717) is 18.7 Å². The average molecular weight is 483 g/mol. The quantitative estimate of drug-likeness (QED) is 0.316. The molecule has 154 valence electrons. The molecule has 1 amide bonds. The molecule has 1 heterocycles. The van der Waals surface area contributed by atoms with Gasteiger partial charge >= 0.3 is 6.09 Å². The molecule has 0 bridgehead atoms. The number of likely N-dealkylation sites (tertiary alicyclic amines) is 1. The van der Waals surface area contributed by atoms with Crippen LogP contribution < -0.4 is 10.6 Å². The molecule has 1 aliphatic heterocycles. The second kappa shape index (κ2) is 14.3. The first kappa shape index (κ1) is 25.2. The van der Waals surface area contributed by atoms with Crippen molar-refractivity contribution in [3.63, 3.8) is 0 Å². The number of piperidine rings is 1. The molecular weight excluding hydrogens is 445 g/mol. The lowest BCUT2D eigenvalue weighted by Gasteiger charge is -2.32. The number of rotatable bonds is 8. The highest BCUT2D eigenvalue weighted by Crippen LogP contribution is 2.11. The number of carbonyl (C=O) groups is 1. The minimum atomic E-state index is -0.199. The summed E-state index contributed by atoms with van der Waals surface area (Å²) >= 11 is 0. The van der Waals surface area contributed by atoms with Crippen LogP contribution in [0.3, 0.4) is 0 Å². The summed E-state index contributed by atoms with van der Waals surface area (Å²) in [6, 6.07) is 0.888. The fraction of sp³-hybridized carbons (Fsp3) is 0.889. The molecule has 0 aromatic rings. The molecule has 0 radical (unpaired) electrons. The second-order valence-corrected chi connectivity index (χ2v) is 6.59. The van der Waals surface area contributed by atoms with Crippen molar-refractivity contribution in [1.29, 1.82) is 0 Å². The van der Waals surface area contributed by atoms with Crippen LogP contribution >= 0.6 is 24.0 Å². The molecule has 0 atom stereocenters. The molecular formula is C18H38IN5O2.